The molecule has 0 saturated carbocycles. The zero-order valence-electron chi connectivity index (χ0n) is 16.3. The Hall–Kier alpha value is -2.87. The predicted molar refractivity (Wildman–Crippen MR) is 110 cm³/mol. The molecule has 0 spiro atoms. The Morgan fingerprint density at radius 2 is 2.00 bits per heavy atom. The van der Waals surface area contributed by atoms with E-state index in [4.69, 9.17) is 15.2 Å². The van der Waals surface area contributed by atoms with Gasteiger partial charge >= 0.3 is 5.97 Å². The number of thiophene rings is 1. The fourth-order valence-electron chi connectivity index (χ4n) is 3.38. The quantitative estimate of drug-likeness (QED) is 0.611. The lowest BCUT2D eigenvalue weighted by atomic mass is 10.1. The Bertz CT molecular complexity index is 922. The summed E-state index contributed by atoms with van der Waals surface area (Å²) in [6, 6.07) is 7.50. The van der Waals surface area contributed by atoms with Crippen molar-refractivity contribution in [3.8, 4) is 5.75 Å². The number of esters is 1. The van der Waals surface area contributed by atoms with E-state index in [9.17, 15) is 14.4 Å². The second kappa shape index (κ2) is 9.56. The van der Waals surface area contributed by atoms with E-state index >= 15 is 0 Å². The predicted octanol–water partition coefficient (Wildman–Crippen LogP) is 2.85. The van der Waals surface area contributed by atoms with Crippen LogP contribution in [0.1, 0.15) is 46.1 Å². The molecule has 3 N–H and O–H groups in total. The van der Waals surface area contributed by atoms with Gasteiger partial charge in [0.05, 0.1) is 12.2 Å². The summed E-state index contributed by atoms with van der Waals surface area (Å²) in [4.78, 5) is 37.0. The highest BCUT2D eigenvalue weighted by atomic mass is 32.1. The summed E-state index contributed by atoms with van der Waals surface area (Å²) in [5, 5.41) is 3.10. The molecule has 0 unspecified atom stereocenters. The van der Waals surface area contributed by atoms with Crippen molar-refractivity contribution in [1.82, 2.24) is 0 Å². The van der Waals surface area contributed by atoms with E-state index in [1.54, 1.807) is 0 Å². The van der Waals surface area contributed by atoms with Crippen molar-refractivity contribution in [3.63, 3.8) is 0 Å². The van der Waals surface area contributed by atoms with Crippen molar-refractivity contribution in [2.24, 2.45) is 5.73 Å². The van der Waals surface area contributed by atoms with Crippen molar-refractivity contribution in [3.05, 3.63) is 45.8 Å². The van der Waals surface area contributed by atoms with Gasteiger partial charge in [0.25, 0.3) is 11.8 Å². The third-order valence-corrected chi connectivity index (χ3v) is 5.86. The number of hydrogen-bond acceptors (Lipinski definition) is 6. The lowest BCUT2D eigenvalue weighted by Gasteiger charge is -2.10. The summed E-state index contributed by atoms with van der Waals surface area (Å²) in [6.07, 6.45) is 3.25. The normalized spacial score (nSPS) is 12.3. The van der Waals surface area contributed by atoms with Gasteiger partial charge in [0, 0.05) is 11.3 Å². The van der Waals surface area contributed by atoms with Gasteiger partial charge in [-0.15, -0.1) is 11.3 Å². The maximum Gasteiger partial charge on any atom is 0.306 e. The Kier molecular flexibility index (Phi) is 6.87. The first kappa shape index (κ1) is 20.9. The van der Waals surface area contributed by atoms with Crippen LogP contribution in [-0.2, 0) is 33.6 Å². The summed E-state index contributed by atoms with van der Waals surface area (Å²) >= 11 is 1.37. The van der Waals surface area contributed by atoms with Gasteiger partial charge in [-0.1, -0.05) is 18.2 Å². The van der Waals surface area contributed by atoms with Crippen molar-refractivity contribution >= 4 is 34.1 Å². The third-order valence-electron chi connectivity index (χ3n) is 4.66. The third kappa shape index (κ3) is 5.14. The highest BCUT2D eigenvalue weighted by Gasteiger charge is 2.26. The zero-order chi connectivity index (χ0) is 20.8. The minimum absolute atomic E-state index is 0.136. The summed E-state index contributed by atoms with van der Waals surface area (Å²) in [6.45, 7) is 2.03. The fraction of sp³-hybridized carbons (Fsp3) is 0.381. The van der Waals surface area contributed by atoms with E-state index in [0.717, 1.165) is 41.0 Å². The molecule has 1 aliphatic rings. The van der Waals surface area contributed by atoms with Crippen LogP contribution in [0.25, 0.3) is 0 Å². The van der Waals surface area contributed by atoms with Crippen molar-refractivity contribution < 1.29 is 23.9 Å². The Morgan fingerprint density at radius 1 is 1.21 bits per heavy atom. The van der Waals surface area contributed by atoms with Crippen LogP contribution in [0.15, 0.2) is 24.3 Å². The number of carbonyl (C=O) groups is 3. The minimum atomic E-state index is -0.551. The van der Waals surface area contributed by atoms with Crippen LogP contribution < -0.4 is 15.8 Å². The van der Waals surface area contributed by atoms with Crippen LogP contribution >= 0.6 is 11.3 Å². The van der Waals surface area contributed by atoms with Crippen LogP contribution in [0.2, 0.25) is 0 Å². The van der Waals surface area contributed by atoms with Gasteiger partial charge < -0.3 is 20.5 Å². The summed E-state index contributed by atoms with van der Waals surface area (Å²) in [5.74, 6) is -0.777. The molecule has 0 aliphatic heterocycles. The smallest absolute Gasteiger partial charge is 0.306 e. The molecule has 0 fully saturated rings. The number of para-hydroxylation sites is 1. The van der Waals surface area contributed by atoms with Gasteiger partial charge in [-0.3, -0.25) is 14.4 Å². The van der Waals surface area contributed by atoms with Crippen molar-refractivity contribution in [2.45, 2.75) is 39.0 Å². The molecular formula is C21H24N2O5S. The Morgan fingerprint density at radius 3 is 2.76 bits per heavy atom. The number of nitrogens with two attached hydrogens (primary N) is 1. The van der Waals surface area contributed by atoms with Crippen LogP contribution in [0.4, 0.5) is 5.00 Å². The van der Waals surface area contributed by atoms with Crippen LogP contribution in [-0.4, -0.2) is 31.0 Å². The number of ether oxygens (including phenoxy) is 2. The van der Waals surface area contributed by atoms with Crippen LogP contribution in [0.5, 0.6) is 5.75 Å². The first-order valence-electron chi connectivity index (χ1n) is 9.60. The number of amides is 2. The molecular weight excluding hydrogens is 392 g/mol. The molecule has 0 atom stereocenters. The first-order chi connectivity index (χ1) is 14.0. The highest BCUT2D eigenvalue weighted by molar-refractivity contribution is 7.17. The molecule has 3 rings (SSSR count). The summed E-state index contributed by atoms with van der Waals surface area (Å²) < 4.78 is 10.6. The number of nitrogens with one attached hydrogen (secondary N) is 1. The molecule has 7 nitrogen and oxygen atoms in total. The highest BCUT2D eigenvalue weighted by Crippen LogP contribution is 2.38. The number of primary amides is 1. The van der Waals surface area contributed by atoms with Gasteiger partial charge in [0.1, 0.15) is 10.8 Å². The molecule has 1 aliphatic carbocycles. The molecule has 1 aromatic heterocycles. The van der Waals surface area contributed by atoms with Gasteiger partial charge in [-0.2, -0.15) is 0 Å². The second-order valence-electron chi connectivity index (χ2n) is 6.68. The number of fused-ring (bicyclic) bond motifs is 1. The molecule has 2 aromatic rings. The monoisotopic (exact) mass is 416 g/mol. The Balaban J connectivity index is 1.50. The maximum atomic E-state index is 12.2. The van der Waals surface area contributed by atoms with Crippen LogP contribution in [0, 0.1) is 0 Å². The molecule has 29 heavy (non-hydrogen) atoms. The van der Waals surface area contributed by atoms with E-state index in [2.05, 4.69) is 5.32 Å². The van der Waals surface area contributed by atoms with Gasteiger partial charge in [-0.25, -0.2) is 0 Å². The average Bonchev–Trinajstić information content (AvgIpc) is 3.26. The van der Waals surface area contributed by atoms with Gasteiger partial charge in [-0.05, 0) is 49.8 Å². The molecule has 8 heteroatoms. The SMILES string of the molecule is CCOc1ccccc1CCC(=O)OCC(=O)Nc1sc2c(c1C(N)=O)CCC2. The van der Waals surface area contributed by atoms with Gasteiger partial charge in [0.2, 0.25) is 0 Å². The minimum Gasteiger partial charge on any atom is -0.494 e. The summed E-state index contributed by atoms with van der Waals surface area (Å²) in [5.41, 5.74) is 7.71. The molecule has 0 bridgehead atoms. The number of anilines is 1. The van der Waals surface area contributed by atoms with E-state index in [1.807, 2.05) is 31.2 Å². The number of carbonyl (C=O) groups excluding carboxylic acids is 3. The van der Waals surface area contributed by atoms with E-state index in [0.29, 0.717) is 23.6 Å². The lowest BCUT2D eigenvalue weighted by molar-refractivity contribution is -0.147. The summed E-state index contributed by atoms with van der Waals surface area (Å²) in [7, 11) is 0. The zero-order valence-corrected chi connectivity index (χ0v) is 17.1. The molecule has 0 radical (unpaired) electrons. The van der Waals surface area contributed by atoms with Crippen molar-refractivity contribution in [2.75, 3.05) is 18.5 Å². The number of rotatable bonds is 9. The van der Waals surface area contributed by atoms with Crippen molar-refractivity contribution in [1.29, 1.82) is 0 Å². The maximum absolute atomic E-state index is 12.2. The average molecular weight is 416 g/mol. The topological polar surface area (TPSA) is 108 Å². The standard InChI is InChI=1S/C21H24N2O5S/c1-2-27-15-8-4-3-6-13(15)10-11-18(25)28-12-17(24)23-21-19(20(22)26)14-7-5-9-16(14)29-21/h3-4,6,8H,2,5,7,9-12H2,1H3,(H2,22,26)(H,23,24). The van der Waals surface area contributed by atoms with E-state index < -0.39 is 24.4 Å². The second-order valence-corrected chi connectivity index (χ2v) is 7.78. The lowest BCUT2D eigenvalue weighted by Crippen LogP contribution is -2.22. The fourth-order valence-corrected chi connectivity index (χ4v) is 4.69. The number of hydrogen-bond donors (Lipinski definition) is 2. The Labute approximate surface area is 173 Å². The largest absolute Gasteiger partial charge is 0.494 e. The molecule has 1 heterocycles. The van der Waals surface area contributed by atoms with Crippen LogP contribution in [0.3, 0.4) is 0 Å². The number of benzene rings is 1. The van der Waals surface area contributed by atoms with Gasteiger partial charge in [0.15, 0.2) is 6.61 Å². The molecule has 154 valence electrons. The number of aryl methyl sites for hydroxylation is 2. The van der Waals surface area contributed by atoms with E-state index in [-0.39, 0.29) is 6.42 Å². The molecule has 0 saturated heterocycles. The van der Waals surface area contributed by atoms with E-state index in [1.165, 1.54) is 11.3 Å². The first-order valence-corrected chi connectivity index (χ1v) is 10.4. The molecule has 1 aromatic carbocycles. The molecule has 2 amide bonds.